The number of aryl methyl sites for hydroxylation is 1. The van der Waals surface area contributed by atoms with E-state index in [9.17, 15) is 4.39 Å². The van der Waals surface area contributed by atoms with E-state index in [0.717, 1.165) is 0 Å². The lowest BCUT2D eigenvalue weighted by Gasteiger charge is -2.32. The lowest BCUT2D eigenvalue weighted by molar-refractivity contribution is 0.00578. The number of rotatable bonds is 2. The second-order valence-electron chi connectivity index (χ2n) is 5.32. The van der Waals surface area contributed by atoms with E-state index in [1.54, 1.807) is 6.20 Å². The molecule has 0 unspecified atom stereocenters. The highest BCUT2D eigenvalue weighted by molar-refractivity contribution is 6.62. The minimum Gasteiger partial charge on any atom is -0.399 e. The molecule has 1 aromatic rings. The second kappa shape index (κ2) is 3.81. The molecule has 0 amide bonds. The van der Waals surface area contributed by atoms with E-state index in [1.165, 1.54) is 4.68 Å². The zero-order chi connectivity index (χ0) is 12.8. The highest BCUT2D eigenvalue weighted by atomic mass is 19.1. The number of hydrogen-bond acceptors (Lipinski definition) is 3. The van der Waals surface area contributed by atoms with Gasteiger partial charge in [0.2, 0.25) is 5.95 Å². The summed E-state index contributed by atoms with van der Waals surface area (Å²) in [6, 6.07) is 0. The van der Waals surface area contributed by atoms with Crippen LogP contribution in [0.15, 0.2) is 6.20 Å². The van der Waals surface area contributed by atoms with Crippen LogP contribution >= 0.6 is 0 Å². The standard InChI is InChI=1S/C11H18BFN2O2/c1-6-15-7-8(9(13)14-15)12-16-10(2,3)11(4,5)17-12/h7H,6H2,1-5H3. The van der Waals surface area contributed by atoms with Crippen LogP contribution in [0.4, 0.5) is 4.39 Å². The summed E-state index contributed by atoms with van der Waals surface area (Å²) in [5.74, 6) is -0.523. The van der Waals surface area contributed by atoms with E-state index in [1.807, 2.05) is 34.6 Å². The third-order valence-corrected chi connectivity index (χ3v) is 3.57. The Morgan fingerprint density at radius 2 is 1.82 bits per heavy atom. The fourth-order valence-electron chi connectivity index (χ4n) is 1.70. The van der Waals surface area contributed by atoms with Crippen LogP contribution in [0.3, 0.4) is 0 Å². The first kappa shape index (κ1) is 12.6. The van der Waals surface area contributed by atoms with E-state index in [0.29, 0.717) is 12.0 Å². The zero-order valence-corrected chi connectivity index (χ0v) is 11.0. The number of nitrogens with zero attached hydrogens (tertiary/aromatic N) is 2. The molecule has 2 rings (SSSR count). The van der Waals surface area contributed by atoms with Gasteiger partial charge < -0.3 is 9.31 Å². The van der Waals surface area contributed by atoms with Crippen LogP contribution in [0.25, 0.3) is 0 Å². The Kier molecular flexibility index (Phi) is 2.82. The SMILES string of the molecule is CCn1cc(B2OC(C)(C)C(C)(C)O2)c(F)n1. The van der Waals surface area contributed by atoms with Gasteiger partial charge in [0.1, 0.15) is 0 Å². The fourth-order valence-corrected chi connectivity index (χ4v) is 1.70. The quantitative estimate of drug-likeness (QED) is 0.732. The van der Waals surface area contributed by atoms with Gasteiger partial charge in [-0.05, 0) is 34.6 Å². The van der Waals surface area contributed by atoms with Gasteiger partial charge in [0.05, 0.1) is 16.7 Å². The summed E-state index contributed by atoms with van der Waals surface area (Å²) in [5.41, 5.74) is -0.554. The maximum atomic E-state index is 13.7. The maximum absolute atomic E-state index is 13.7. The van der Waals surface area contributed by atoms with Crippen molar-refractivity contribution >= 4 is 12.6 Å². The normalized spacial score (nSPS) is 22.1. The molecule has 0 aromatic carbocycles. The van der Waals surface area contributed by atoms with Gasteiger partial charge in [-0.15, -0.1) is 5.10 Å². The lowest BCUT2D eigenvalue weighted by atomic mass is 9.81. The molecule has 0 radical (unpaired) electrons. The van der Waals surface area contributed by atoms with Crippen molar-refractivity contribution in [3.8, 4) is 0 Å². The molecule has 1 aromatic heterocycles. The highest BCUT2D eigenvalue weighted by Gasteiger charge is 2.53. The molecule has 6 heteroatoms. The van der Waals surface area contributed by atoms with Crippen molar-refractivity contribution in [3.05, 3.63) is 12.1 Å². The highest BCUT2D eigenvalue weighted by Crippen LogP contribution is 2.36. The van der Waals surface area contributed by atoms with Gasteiger partial charge in [0, 0.05) is 12.7 Å². The largest absolute Gasteiger partial charge is 0.501 e. The van der Waals surface area contributed by atoms with Crippen LogP contribution in [-0.2, 0) is 15.9 Å². The zero-order valence-electron chi connectivity index (χ0n) is 11.0. The third-order valence-electron chi connectivity index (χ3n) is 3.57. The van der Waals surface area contributed by atoms with Crippen LogP contribution in [0.2, 0.25) is 0 Å². The Hall–Kier alpha value is -0.875. The minimum absolute atomic E-state index is 0.366. The Morgan fingerprint density at radius 3 is 2.24 bits per heavy atom. The van der Waals surface area contributed by atoms with Crippen molar-refractivity contribution in [1.29, 1.82) is 0 Å². The molecule has 0 bridgehead atoms. The summed E-state index contributed by atoms with van der Waals surface area (Å²) in [5, 5.41) is 3.76. The molecule has 1 fully saturated rings. The smallest absolute Gasteiger partial charge is 0.399 e. The Morgan fingerprint density at radius 1 is 1.29 bits per heavy atom. The first-order valence-electron chi connectivity index (χ1n) is 5.85. The van der Waals surface area contributed by atoms with Crippen molar-refractivity contribution < 1.29 is 13.7 Å². The van der Waals surface area contributed by atoms with Gasteiger partial charge in [0.15, 0.2) is 0 Å². The second-order valence-corrected chi connectivity index (χ2v) is 5.32. The Labute approximate surface area is 101 Å². The molecule has 94 valence electrons. The van der Waals surface area contributed by atoms with Gasteiger partial charge in [-0.1, -0.05) is 0 Å². The molecule has 2 heterocycles. The van der Waals surface area contributed by atoms with Crippen LogP contribution in [0.5, 0.6) is 0 Å². The summed E-state index contributed by atoms with van der Waals surface area (Å²) in [6.07, 6.45) is 1.64. The van der Waals surface area contributed by atoms with Crippen LogP contribution in [0, 0.1) is 5.95 Å². The topological polar surface area (TPSA) is 36.3 Å². The van der Waals surface area contributed by atoms with Gasteiger partial charge in [-0.2, -0.15) is 4.39 Å². The predicted octanol–water partition coefficient (Wildman–Crippen LogP) is 1.34. The van der Waals surface area contributed by atoms with E-state index in [-0.39, 0.29) is 0 Å². The Bertz CT molecular complexity index is 415. The van der Waals surface area contributed by atoms with Crippen LogP contribution in [-0.4, -0.2) is 28.1 Å². The molecule has 0 atom stereocenters. The van der Waals surface area contributed by atoms with Gasteiger partial charge >= 0.3 is 7.12 Å². The first-order chi connectivity index (χ1) is 7.77. The van der Waals surface area contributed by atoms with E-state index in [4.69, 9.17) is 9.31 Å². The van der Waals surface area contributed by atoms with Crippen molar-refractivity contribution in [2.45, 2.75) is 52.4 Å². The summed E-state index contributed by atoms with van der Waals surface area (Å²) < 4.78 is 26.7. The molecule has 1 saturated heterocycles. The van der Waals surface area contributed by atoms with Crippen molar-refractivity contribution in [2.75, 3.05) is 0 Å². The van der Waals surface area contributed by atoms with Crippen molar-refractivity contribution in [2.24, 2.45) is 0 Å². The monoisotopic (exact) mass is 240 g/mol. The summed E-state index contributed by atoms with van der Waals surface area (Å²) in [6.45, 7) is 10.3. The molecule has 1 aliphatic rings. The molecule has 0 aliphatic carbocycles. The van der Waals surface area contributed by atoms with Gasteiger partial charge in [0.25, 0.3) is 0 Å². The molecule has 1 aliphatic heterocycles. The molecular formula is C11H18BFN2O2. The van der Waals surface area contributed by atoms with Crippen molar-refractivity contribution in [1.82, 2.24) is 9.78 Å². The molecule has 0 spiro atoms. The summed E-state index contributed by atoms with van der Waals surface area (Å²) in [7, 11) is -0.680. The number of halogens is 1. The van der Waals surface area contributed by atoms with E-state index in [2.05, 4.69) is 5.10 Å². The van der Waals surface area contributed by atoms with Crippen LogP contribution in [0.1, 0.15) is 34.6 Å². The summed E-state index contributed by atoms with van der Waals surface area (Å²) >= 11 is 0. The molecular weight excluding hydrogens is 222 g/mol. The van der Waals surface area contributed by atoms with E-state index < -0.39 is 24.3 Å². The first-order valence-corrected chi connectivity index (χ1v) is 5.85. The lowest BCUT2D eigenvalue weighted by Crippen LogP contribution is -2.41. The van der Waals surface area contributed by atoms with Crippen LogP contribution < -0.4 is 5.46 Å². The number of aromatic nitrogens is 2. The molecule has 0 N–H and O–H groups in total. The molecule has 17 heavy (non-hydrogen) atoms. The van der Waals surface area contributed by atoms with E-state index >= 15 is 0 Å². The third kappa shape index (κ3) is 2.00. The minimum atomic E-state index is -0.680. The average molecular weight is 240 g/mol. The average Bonchev–Trinajstić information content (AvgIpc) is 2.66. The Balaban J connectivity index is 2.28. The maximum Gasteiger partial charge on any atom is 0.501 e. The predicted molar refractivity (Wildman–Crippen MR) is 63.6 cm³/mol. The van der Waals surface area contributed by atoms with Gasteiger partial charge in [-0.3, -0.25) is 4.68 Å². The molecule has 4 nitrogen and oxygen atoms in total. The molecule has 0 saturated carbocycles. The van der Waals surface area contributed by atoms with Crippen molar-refractivity contribution in [3.63, 3.8) is 0 Å². The summed E-state index contributed by atoms with van der Waals surface area (Å²) in [4.78, 5) is 0. The van der Waals surface area contributed by atoms with Gasteiger partial charge in [-0.25, -0.2) is 0 Å². The number of hydrogen-bond donors (Lipinski definition) is 0. The fraction of sp³-hybridized carbons (Fsp3) is 0.727.